The molecule has 3 aromatic rings. The fourth-order valence-corrected chi connectivity index (χ4v) is 3.60. The van der Waals surface area contributed by atoms with Crippen LogP contribution < -0.4 is 10.9 Å². The molecule has 0 aliphatic rings. The number of H-pyrrole nitrogens is 1. The van der Waals surface area contributed by atoms with Gasteiger partial charge in [0.05, 0.1) is 23.6 Å². The maximum absolute atomic E-state index is 14.4. The van der Waals surface area contributed by atoms with E-state index < -0.39 is 29.0 Å². The number of pyridine rings is 1. The molecule has 0 aliphatic carbocycles. The molecule has 0 spiro atoms. The van der Waals surface area contributed by atoms with Crippen LogP contribution in [0.4, 0.5) is 9.52 Å². The number of fused-ring (bicyclic) bond motifs is 1. The van der Waals surface area contributed by atoms with Crippen molar-refractivity contribution in [3.05, 3.63) is 51.6 Å². The number of aromatic amines is 1. The molecule has 0 saturated carbocycles. The van der Waals surface area contributed by atoms with Crippen LogP contribution in [0.1, 0.15) is 17.0 Å². The average Bonchev–Trinajstić information content (AvgIpc) is 3.05. The van der Waals surface area contributed by atoms with Gasteiger partial charge in [-0.3, -0.25) is 4.79 Å². The molecule has 1 atom stereocenters. The standard InChI is InChI=1S/C17H12FN5O2S/c1-21-17-23-15-14(26-17)13(24)12(16(25)22-15)11(8(6-19)7-20)9-4-2-3-5-10(9)18/h2-5,8,11H,1H3,(H3,21,22,23,24,25)/t11-/m1/s1. The minimum Gasteiger partial charge on any atom is -0.506 e. The Morgan fingerprint density at radius 1 is 1.35 bits per heavy atom. The number of hydrogen-bond acceptors (Lipinski definition) is 7. The van der Waals surface area contributed by atoms with E-state index in [1.807, 2.05) is 0 Å². The Labute approximate surface area is 151 Å². The molecule has 3 N–H and O–H groups in total. The van der Waals surface area contributed by atoms with Crippen molar-refractivity contribution in [2.24, 2.45) is 5.92 Å². The Bertz CT molecular complexity index is 1110. The molecule has 0 saturated heterocycles. The van der Waals surface area contributed by atoms with E-state index in [4.69, 9.17) is 0 Å². The van der Waals surface area contributed by atoms with Gasteiger partial charge in [-0.05, 0) is 11.6 Å². The monoisotopic (exact) mass is 369 g/mol. The van der Waals surface area contributed by atoms with Gasteiger partial charge in [0.1, 0.15) is 22.2 Å². The summed E-state index contributed by atoms with van der Waals surface area (Å²) in [4.78, 5) is 19.2. The first-order valence-corrected chi connectivity index (χ1v) is 8.30. The van der Waals surface area contributed by atoms with Crippen LogP contribution >= 0.6 is 11.3 Å². The second-order valence-corrected chi connectivity index (χ2v) is 6.40. The van der Waals surface area contributed by atoms with E-state index in [1.165, 1.54) is 24.3 Å². The third kappa shape index (κ3) is 2.75. The smallest absolute Gasteiger partial charge is 0.257 e. The van der Waals surface area contributed by atoms with Crippen LogP contribution in [0.3, 0.4) is 0 Å². The van der Waals surface area contributed by atoms with Crippen molar-refractivity contribution < 1.29 is 9.50 Å². The highest BCUT2D eigenvalue weighted by atomic mass is 32.1. The second kappa shape index (κ2) is 6.82. The molecule has 9 heteroatoms. The van der Waals surface area contributed by atoms with E-state index in [0.29, 0.717) is 5.13 Å². The quantitative estimate of drug-likeness (QED) is 0.649. The van der Waals surface area contributed by atoms with E-state index in [1.54, 1.807) is 19.2 Å². The molecule has 26 heavy (non-hydrogen) atoms. The Hall–Kier alpha value is -3.43. The number of halogens is 1. The molecule has 0 radical (unpaired) electrons. The van der Waals surface area contributed by atoms with Crippen LogP contribution in [-0.2, 0) is 0 Å². The summed E-state index contributed by atoms with van der Waals surface area (Å²) in [7, 11) is 1.64. The first-order chi connectivity index (χ1) is 12.5. The highest BCUT2D eigenvalue weighted by molar-refractivity contribution is 7.22. The van der Waals surface area contributed by atoms with E-state index in [-0.39, 0.29) is 21.5 Å². The van der Waals surface area contributed by atoms with E-state index in [2.05, 4.69) is 15.3 Å². The van der Waals surface area contributed by atoms with Crippen LogP contribution in [0.2, 0.25) is 0 Å². The van der Waals surface area contributed by atoms with Gasteiger partial charge in [-0.25, -0.2) is 9.37 Å². The van der Waals surface area contributed by atoms with Gasteiger partial charge in [-0.2, -0.15) is 10.5 Å². The van der Waals surface area contributed by atoms with Crippen LogP contribution in [0.15, 0.2) is 29.1 Å². The number of nitrogens with zero attached hydrogens (tertiary/aromatic N) is 3. The summed E-state index contributed by atoms with van der Waals surface area (Å²) in [6.07, 6.45) is 0. The van der Waals surface area contributed by atoms with Gasteiger partial charge < -0.3 is 15.4 Å². The third-order valence-electron chi connectivity index (χ3n) is 3.95. The molecule has 0 aliphatic heterocycles. The lowest BCUT2D eigenvalue weighted by molar-refractivity contribution is 0.464. The van der Waals surface area contributed by atoms with Crippen molar-refractivity contribution in [1.29, 1.82) is 10.5 Å². The maximum Gasteiger partial charge on any atom is 0.257 e. The number of benzene rings is 1. The van der Waals surface area contributed by atoms with E-state index in [9.17, 15) is 24.8 Å². The minimum absolute atomic E-state index is 0.0147. The van der Waals surface area contributed by atoms with Gasteiger partial charge in [-0.15, -0.1) is 0 Å². The van der Waals surface area contributed by atoms with E-state index >= 15 is 0 Å². The number of aromatic nitrogens is 2. The number of nitriles is 2. The van der Waals surface area contributed by atoms with Crippen molar-refractivity contribution in [3.63, 3.8) is 0 Å². The van der Waals surface area contributed by atoms with Crippen molar-refractivity contribution in [2.75, 3.05) is 12.4 Å². The Kier molecular flexibility index (Phi) is 4.57. The summed E-state index contributed by atoms with van der Waals surface area (Å²) < 4.78 is 14.6. The van der Waals surface area contributed by atoms with Gasteiger partial charge in [0, 0.05) is 7.05 Å². The number of aromatic hydroxyl groups is 1. The van der Waals surface area contributed by atoms with Gasteiger partial charge in [0.2, 0.25) is 0 Å². The van der Waals surface area contributed by atoms with Crippen molar-refractivity contribution >= 4 is 26.8 Å². The Balaban J connectivity index is 2.35. The lowest BCUT2D eigenvalue weighted by Gasteiger charge is -2.19. The summed E-state index contributed by atoms with van der Waals surface area (Å²) >= 11 is 1.09. The topological polar surface area (TPSA) is 126 Å². The van der Waals surface area contributed by atoms with Crippen LogP contribution in [-0.4, -0.2) is 22.1 Å². The molecule has 0 unspecified atom stereocenters. The number of anilines is 1. The summed E-state index contributed by atoms with van der Waals surface area (Å²) in [6, 6.07) is 9.11. The van der Waals surface area contributed by atoms with Crippen LogP contribution in [0.25, 0.3) is 10.3 Å². The molecule has 2 heterocycles. The van der Waals surface area contributed by atoms with Gasteiger partial charge in [0.25, 0.3) is 5.56 Å². The predicted molar refractivity (Wildman–Crippen MR) is 94.4 cm³/mol. The first-order valence-electron chi connectivity index (χ1n) is 7.48. The molecule has 0 amide bonds. The largest absolute Gasteiger partial charge is 0.506 e. The Morgan fingerprint density at radius 2 is 2.04 bits per heavy atom. The lowest BCUT2D eigenvalue weighted by atomic mass is 9.82. The predicted octanol–water partition coefficient (Wildman–Crippen LogP) is 2.67. The molecule has 2 aromatic heterocycles. The number of rotatable bonds is 4. The molecule has 0 fully saturated rings. The van der Waals surface area contributed by atoms with Gasteiger partial charge in [-0.1, -0.05) is 29.5 Å². The zero-order chi connectivity index (χ0) is 18.8. The third-order valence-corrected chi connectivity index (χ3v) is 5.03. The van der Waals surface area contributed by atoms with Crippen LogP contribution in [0.5, 0.6) is 5.75 Å². The highest BCUT2D eigenvalue weighted by Crippen LogP contribution is 2.40. The fraction of sp³-hybridized carbons (Fsp3) is 0.176. The van der Waals surface area contributed by atoms with Crippen molar-refractivity contribution in [2.45, 2.75) is 5.92 Å². The molecular formula is C17H12FN5O2S. The lowest BCUT2D eigenvalue weighted by Crippen LogP contribution is -2.23. The average molecular weight is 369 g/mol. The summed E-state index contributed by atoms with van der Waals surface area (Å²) in [5.74, 6) is -3.70. The van der Waals surface area contributed by atoms with Gasteiger partial charge >= 0.3 is 0 Å². The number of nitrogens with one attached hydrogen (secondary N) is 2. The van der Waals surface area contributed by atoms with E-state index in [0.717, 1.165) is 11.3 Å². The number of thiazole rings is 1. The fourth-order valence-electron chi connectivity index (χ4n) is 2.77. The molecule has 1 aromatic carbocycles. The zero-order valence-corrected chi connectivity index (χ0v) is 14.3. The van der Waals surface area contributed by atoms with Crippen molar-refractivity contribution in [1.82, 2.24) is 9.97 Å². The maximum atomic E-state index is 14.4. The first kappa shape index (κ1) is 17.4. The molecule has 130 valence electrons. The molecular weight excluding hydrogens is 357 g/mol. The summed E-state index contributed by atoms with van der Waals surface area (Å²) in [5.41, 5.74) is -0.809. The Morgan fingerprint density at radius 3 is 2.65 bits per heavy atom. The van der Waals surface area contributed by atoms with Crippen molar-refractivity contribution in [3.8, 4) is 17.9 Å². The van der Waals surface area contributed by atoms with Gasteiger partial charge in [0.15, 0.2) is 10.8 Å². The molecule has 7 nitrogen and oxygen atoms in total. The molecule has 0 bridgehead atoms. The second-order valence-electron chi connectivity index (χ2n) is 5.40. The zero-order valence-electron chi connectivity index (χ0n) is 13.4. The minimum atomic E-state index is -1.37. The van der Waals surface area contributed by atoms with Crippen LogP contribution in [0, 0.1) is 34.4 Å². The normalized spacial score (nSPS) is 11.9. The highest BCUT2D eigenvalue weighted by Gasteiger charge is 2.33. The summed E-state index contributed by atoms with van der Waals surface area (Å²) in [6.45, 7) is 0. The SMILES string of the molecule is CNc1nc2[nH]c(=O)c([C@@H](c3ccccc3F)C(C#N)C#N)c(O)c2s1. The number of hydrogen-bond donors (Lipinski definition) is 3. The summed E-state index contributed by atoms with van der Waals surface area (Å²) in [5, 5.41) is 32.6. The molecule has 3 rings (SSSR count).